The lowest BCUT2D eigenvalue weighted by molar-refractivity contribution is -0.116. The molecule has 0 saturated heterocycles. The molecule has 98 valence electrons. The summed E-state index contributed by atoms with van der Waals surface area (Å²) in [5.41, 5.74) is 1.28. The van der Waals surface area contributed by atoms with Gasteiger partial charge in [0.25, 0.3) is 0 Å². The summed E-state index contributed by atoms with van der Waals surface area (Å²) < 4.78 is 0. The van der Waals surface area contributed by atoms with E-state index in [0.717, 1.165) is 18.4 Å². The van der Waals surface area contributed by atoms with Gasteiger partial charge in [-0.3, -0.25) is 9.78 Å². The van der Waals surface area contributed by atoms with E-state index in [1.54, 1.807) is 12.4 Å². The van der Waals surface area contributed by atoms with Crippen LogP contribution >= 0.6 is 11.8 Å². The van der Waals surface area contributed by atoms with E-state index in [4.69, 9.17) is 0 Å². The lowest BCUT2D eigenvalue weighted by atomic mass is 10.1. The van der Waals surface area contributed by atoms with Crippen molar-refractivity contribution < 1.29 is 4.79 Å². The Balaban J connectivity index is 2.09. The number of nitrogens with one attached hydrogen (secondary N) is 1. The number of allylic oxidation sites excluding steroid dienone is 1. The molecule has 0 aliphatic heterocycles. The third kappa shape index (κ3) is 3.58. The van der Waals surface area contributed by atoms with E-state index in [9.17, 15) is 10.1 Å². The number of carbonyl (C=O) groups is 1. The van der Waals surface area contributed by atoms with Crippen LogP contribution in [0.3, 0.4) is 0 Å². The second kappa shape index (κ2) is 6.39. The largest absolute Gasteiger partial charge is 0.375 e. The lowest BCUT2D eigenvalue weighted by Crippen LogP contribution is -2.16. The molecule has 5 heteroatoms. The van der Waals surface area contributed by atoms with E-state index >= 15 is 0 Å². The van der Waals surface area contributed by atoms with E-state index < -0.39 is 0 Å². The second-order valence-corrected chi connectivity index (χ2v) is 5.19. The number of ketones is 1. The van der Waals surface area contributed by atoms with Crippen LogP contribution in [0.4, 0.5) is 0 Å². The van der Waals surface area contributed by atoms with Gasteiger partial charge in [0.05, 0.1) is 5.03 Å². The van der Waals surface area contributed by atoms with Crippen LogP contribution in [-0.2, 0) is 11.3 Å². The second-order valence-electron chi connectivity index (χ2n) is 4.37. The topological polar surface area (TPSA) is 65.8 Å². The van der Waals surface area contributed by atoms with Crippen LogP contribution in [0, 0.1) is 17.2 Å². The standard InChI is InChI=1S/C14H15N3OS/c1-19-14(12(7-15)13(18)11-4-5-11)17-9-10-3-2-6-16-8-10/h2-3,6,8,11,17H,4-5,9H2,1H3/b14-12-. The van der Waals surface area contributed by atoms with Gasteiger partial charge in [0, 0.05) is 24.9 Å². The first-order valence-electron chi connectivity index (χ1n) is 6.11. The number of hydrogen-bond donors (Lipinski definition) is 1. The SMILES string of the molecule is CS/C(NCc1cccnc1)=C(/C#N)C(=O)C1CC1. The third-order valence-electron chi connectivity index (χ3n) is 2.91. The summed E-state index contributed by atoms with van der Waals surface area (Å²) in [5, 5.41) is 13.0. The Morgan fingerprint density at radius 1 is 1.63 bits per heavy atom. The first-order valence-corrected chi connectivity index (χ1v) is 7.34. The molecule has 0 unspecified atom stereocenters. The van der Waals surface area contributed by atoms with Crippen molar-refractivity contribution in [1.82, 2.24) is 10.3 Å². The molecule has 4 nitrogen and oxygen atoms in total. The van der Waals surface area contributed by atoms with E-state index in [0.29, 0.717) is 11.6 Å². The number of pyridine rings is 1. The van der Waals surface area contributed by atoms with Crippen molar-refractivity contribution in [2.24, 2.45) is 5.92 Å². The van der Waals surface area contributed by atoms with Gasteiger partial charge in [-0.2, -0.15) is 5.26 Å². The van der Waals surface area contributed by atoms with E-state index in [1.807, 2.05) is 24.5 Å². The Morgan fingerprint density at radius 2 is 2.42 bits per heavy atom. The van der Waals surface area contributed by atoms with Gasteiger partial charge in [-0.25, -0.2) is 0 Å². The third-order valence-corrected chi connectivity index (χ3v) is 3.67. The summed E-state index contributed by atoms with van der Waals surface area (Å²) in [4.78, 5) is 16.0. The molecule has 1 aliphatic carbocycles. The van der Waals surface area contributed by atoms with Gasteiger partial charge in [0.15, 0.2) is 5.78 Å². The van der Waals surface area contributed by atoms with Gasteiger partial charge in [0.2, 0.25) is 0 Å². The molecule has 1 heterocycles. The van der Waals surface area contributed by atoms with E-state index in [1.165, 1.54) is 11.8 Å². The molecule has 0 spiro atoms. The number of hydrogen-bond acceptors (Lipinski definition) is 5. The summed E-state index contributed by atoms with van der Waals surface area (Å²) in [5.74, 6) is 0.0440. The van der Waals surface area contributed by atoms with Gasteiger partial charge in [-0.1, -0.05) is 6.07 Å². The normalized spacial score (nSPS) is 15.4. The number of Topliss-reactive ketones (excluding diaryl/α,β-unsaturated/α-hetero) is 1. The molecule has 1 aliphatic rings. The van der Waals surface area contributed by atoms with Crippen LogP contribution in [0.5, 0.6) is 0 Å². The predicted molar refractivity (Wildman–Crippen MR) is 75.0 cm³/mol. The first-order chi connectivity index (χ1) is 9.26. The fourth-order valence-electron chi connectivity index (χ4n) is 1.72. The minimum absolute atomic E-state index is 0.0227. The maximum atomic E-state index is 12.0. The van der Waals surface area contributed by atoms with Crippen molar-refractivity contribution in [3.05, 3.63) is 40.7 Å². The Hall–Kier alpha value is -1.80. The molecule has 1 aromatic rings. The smallest absolute Gasteiger partial charge is 0.179 e. The molecule has 0 aromatic carbocycles. The Bertz CT molecular complexity index is 529. The molecule has 0 bridgehead atoms. The number of thioether (sulfide) groups is 1. The average molecular weight is 273 g/mol. The van der Waals surface area contributed by atoms with Gasteiger partial charge in [0.1, 0.15) is 11.6 Å². The first kappa shape index (κ1) is 13.6. The van der Waals surface area contributed by atoms with Crippen molar-refractivity contribution in [3.8, 4) is 6.07 Å². The van der Waals surface area contributed by atoms with Gasteiger partial charge >= 0.3 is 0 Å². The fraction of sp³-hybridized carbons (Fsp3) is 0.357. The van der Waals surface area contributed by atoms with Gasteiger partial charge < -0.3 is 5.32 Å². The molecular weight excluding hydrogens is 258 g/mol. The Morgan fingerprint density at radius 3 is 2.95 bits per heavy atom. The van der Waals surface area contributed by atoms with E-state index in [-0.39, 0.29) is 17.3 Å². The molecule has 0 radical (unpaired) electrons. The minimum atomic E-state index is -0.0227. The fourth-order valence-corrected chi connectivity index (χ4v) is 2.28. The Kier molecular flexibility index (Phi) is 4.58. The Labute approximate surface area is 116 Å². The van der Waals surface area contributed by atoms with Crippen LogP contribution < -0.4 is 5.32 Å². The molecular formula is C14H15N3OS. The molecule has 1 aromatic heterocycles. The molecule has 1 N–H and O–H groups in total. The zero-order valence-electron chi connectivity index (χ0n) is 10.7. The molecule has 19 heavy (non-hydrogen) atoms. The zero-order valence-corrected chi connectivity index (χ0v) is 11.5. The van der Waals surface area contributed by atoms with E-state index in [2.05, 4.69) is 10.3 Å². The predicted octanol–water partition coefficient (Wildman–Crippen LogP) is 2.25. The summed E-state index contributed by atoms with van der Waals surface area (Å²) in [6.45, 7) is 0.563. The summed E-state index contributed by atoms with van der Waals surface area (Å²) >= 11 is 1.40. The monoisotopic (exact) mass is 273 g/mol. The number of nitriles is 1. The highest BCUT2D eigenvalue weighted by Crippen LogP contribution is 2.33. The van der Waals surface area contributed by atoms with Crippen LogP contribution in [0.1, 0.15) is 18.4 Å². The van der Waals surface area contributed by atoms with Gasteiger partial charge in [-0.05, 0) is 30.7 Å². The molecule has 0 amide bonds. The zero-order chi connectivity index (χ0) is 13.7. The van der Waals surface area contributed by atoms with Crippen LogP contribution in [0.25, 0.3) is 0 Å². The van der Waals surface area contributed by atoms with Crippen LogP contribution in [-0.4, -0.2) is 17.0 Å². The highest BCUT2D eigenvalue weighted by atomic mass is 32.2. The molecule has 1 saturated carbocycles. The highest BCUT2D eigenvalue weighted by molar-refractivity contribution is 8.02. The maximum absolute atomic E-state index is 12.0. The van der Waals surface area contributed by atoms with Crippen LogP contribution in [0.15, 0.2) is 35.1 Å². The molecule has 1 fully saturated rings. The summed E-state index contributed by atoms with van der Waals surface area (Å²) in [6, 6.07) is 5.85. The number of nitrogens with zero attached hydrogens (tertiary/aromatic N) is 2. The maximum Gasteiger partial charge on any atom is 0.179 e. The number of aromatic nitrogens is 1. The summed E-state index contributed by atoms with van der Waals surface area (Å²) in [7, 11) is 0. The van der Waals surface area contributed by atoms with Crippen molar-refractivity contribution in [3.63, 3.8) is 0 Å². The lowest BCUT2D eigenvalue weighted by Gasteiger charge is -2.10. The minimum Gasteiger partial charge on any atom is -0.375 e. The van der Waals surface area contributed by atoms with Crippen molar-refractivity contribution in [2.75, 3.05) is 6.26 Å². The quantitative estimate of drug-likeness (QED) is 0.636. The van der Waals surface area contributed by atoms with Crippen molar-refractivity contribution in [1.29, 1.82) is 5.26 Å². The summed E-state index contributed by atoms with van der Waals surface area (Å²) in [6.07, 6.45) is 7.16. The molecule has 0 atom stereocenters. The van der Waals surface area contributed by atoms with Crippen molar-refractivity contribution >= 4 is 17.5 Å². The molecule has 2 rings (SSSR count). The van der Waals surface area contributed by atoms with Crippen LogP contribution in [0.2, 0.25) is 0 Å². The van der Waals surface area contributed by atoms with Crippen molar-refractivity contribution in [2.45, 2.75) is 19.4 Å². The number of carbonyl (C=O) groups excluding carboxylic acids is 1. The number of rotatable bonds is 6. The average Bonchev–Trinajstić information content (AvgIpc) is 3.28. The van der Waals surface area contributed by atoms with Gasteiger partial charge in [-0.15, -0.1) is 11.8 Å². The highest BCUT2D eigenvalue weighted by Gasteiger charge is 2.33.